The third-order valence-electron chi connectivity index (χ3n) is 6.22. The van der Waals surface area contributed by atoms with Crippen molar-refractivity contribution in [3.05, 3.63) is 30.1 Å². The molecule has 1 amide bonds. The van der Waals surface area contributed by atoms with Crippen LogP contribution in [0.2, 0.25) is 0 Å². The molecule has 2 fully saturated rings. The van der Waals surface area contributed by atoms with Gasteiger partial charge in [-0.2, -0.15) is 5.26 Å². The molecule has 0 saturated carbocycles. The maximum Gasteiger partial charge on any atom is 0.220 e. The van der Waals surface area contributed by atoms with E-state index in [0.717, 1.165) is 43.8 Å². The maximum absolute atomic E-state index is 12.7. The molecule has 152 valence electrons. The van der Waals surface area contributed by atoms with E-state index in [1.165, 1.54) is 6.42 Å². The SMILES string of the molecule is C[C@@H]1CN(c2ccc(C#N)c3nccnc23)C[C@@H]1NC(=O)C[C@@H]1CCCN(C)C1. The van der Waals surface area contributed by atoms with E-state index in [9.17, 15) is 10.1 Å². The van der Waals surface area contributed by atoms with Crippen LogP contribution >= 0.6 is 0 Å². The molecule has 2 saturated heterocycles. The molecule has 7 heteroatoms. The molecule has 0 radical (unpaired) electrons. The molecule has 7 nitrogen and oxygen atoms in total. The number of anilines is 1. The lowest BCUT2D eigenvalue weighted by Gasteiger charge is -2.29. The lowest BCUT2D eigenvalue weighted by Crippen LogP contribution is -2.42. The molecule has 1 N–H and O–H groups in total. The van der Waals surface area contributed by atoms with Crippen LogP contribution in [0, 0.1) is 23.2 Å². The Hall–Kier alpha value is -2.72. The number of piperidine rings is 1. The van der Waals surface area contributed by atoms with Crippen LogP contribution < -0.4 is 10.2 Å². The number of aromatic nitrogens is 2. The molecule has 4 rings (SSSR count). The number of amides is 1. The van der Waals surface area contributed by atoms with Gasteiger partial charge in [0.15, 0.2) is 0 Å². The summed E-state index contributed by atoms with van der Waals surface area (Å²) in [6.45, 7) is 5.91. The minimum atomic E-state index is 0.117. The van der Waals surface area contributed by atoms with Gasteiger partial charge in [-0.1, -0.05) is 6.92 Å². The van der Waals surface area contributed by atoms with Crippen molar-refractivity contribution in [2.75, 3.05) is 38.1 Å². The highest BCUT2D eigenvalue weighted by molar-refractivity contribution is 5.92. The van der Waals surface area contributed by atoms with Crippen molar-refractivity contribution in [1.29, 1.82) is 5.26 Å². The van der Waals surface area contributed by atoms with Gasteiger partial charge < -0.3 is 15.1 Å². The van der Waals surface area contributed by atoms with E-state index in [0.29, 0.717) is 29.3 Å². The van der Waals surface area contributed by atoms with Crippen molar-refractivity contribution in [3.8, 4) is 6.07 Å². The molecular formula is C22H28N6O. The minimum absolute atomic E-state index is 0.117. The largest absolute Gasteiger partial charge is 0.367 e. The Bertz CT molecular complexity index is 939. The van der Waals surface area contributed by atoms with Gasteiger partial charge in [-0.15, -0.1) is 0 Å². The molecule has 1 aromatic carbocycles. The van der Waals surface area contributed by atoms with E-state index in [-0.39, 0.29) is 11.9 Å². The summed E-state index contributed by atoms with van der Waals surface area (Å²) < 4.78 is 0. The summed E-state index contributed by atoms with van der Waals surface area (Å²) in [5.41, 5.74) is 2.89. The number of benzene rings is 1. The molecule has 2 aromatic rings. The molecule has 29 heavy (non-hydrogen) atoms. The van der Waals surface area contributed by atoms with E-state index in [4.69, 9.17) is 0 Å². The molecule has 3 atom stereocenters. The fraction of sp³-hybridized carbons (Fsp3) is 0.545. The molecular weight excluding hydrogens is 364 g/mol. The third kappa shape index (κ3) is 4.18. The first-order chi connectivity index (χ1) is 14.0. The molecule has 0 spiro atoms. The predicted molar refractivity (Wildman–Crippen MR) is 112 cm³/mol. The Labute approximate surface area is 171 Å². The monoisotopic (exact) mass is 392 g/mol. The third-order valence-corrected chi connectivity index (χ3v) is 6.22. The van der Waals surface area contributed by atoms with Crippen molar-refractivity contribution in [2.24, 2.45) is 11.8 Å². The summed E-state index contributed by atoms with van der Waals surface area (Å²) in [7, 11) is 2.13. The van der Waals surface area contributed by atoms with Gasteiger partial charge in [0, 0.05) is 38.4 Å². The minimum Gasteiger partial charge on any atom is -0.367 e. The molecule has 0 unspecified atom stereocenters. The molecule has 2 aliphatic rings. The lowest BCUT2D eigenvalue weighted by molar-refractivity contribution is -0.123. The number of hydrogen-bond donors (Lipinski definition) is 1. The second-order valence-corrected chi connectivity index (χ2v) is 8.53. The highest BCUT2D eigenvalue weighted by Crippen LogP contribution is 2.30. The van der Waals surface area contributed by atoms with Crippen molar-refractivity contribution < 1.29 is 4.79 Å². The second-order valence-electron chi connectivity index (χ2n) is 8.53. The normalized spacial score (nSPS) is 25.1. The lowest BCUT2D eigenvalue weighted by atomic mass is 9.94. The van der Waals surface area contributed by atoms with Crippen molar-refractivity contribution >= 4 is 22.6 Å². The number of nitrogens with zero attached hydrogens (tertiary/aromatic N) is 5. The zero-order valence-electron chi connectivity index (χ0n) is 17.1. The van der Waals surface area contributed by atoms with Gasteiger partial charge in [0.05, 0.1) is 17.3 Å². The molecule has 1 aromatic heterocycles. The Morgan fingerprint density at radius 2 is 2.03 bits per heavy atom. The van der Waals surface area contributed by atoms with Crippen LogP contribution in [0.3, 0.4) is 0 Å². The summed E-state index contributed by atoms with van der Waals surface area (Å²) in [6, 6.07) is 6.07. The van der Waals surface area contributed by atoms with Crippen LogP contribution in [0.5, 0.6) is 0 Å². The van der Waals surface area contributed by atoms with Crippen LogP contribution in [-0.4, -0.2) is 60.0 Å². The number of carbonyl (C=O) groups excluding carboxylic acids is 1. The quantitative estimate of drug-likeness (QED) is 0.858. The number of carbonyl (C=O) groups is 1. The zero-order valence-corrected chi connectivity index (χ0v) is 17.1. The highest BCUT2D eigenvalue weighted by Gasteiger charge is 2.32. The summed E-state index contributed by atoms with van der Waals surface area (Å²) >= 11 is 0. The van der Waals surface area contributed by atoms with E-state index in [1.807, 2.05) is 12.1 Å². The predicted octanol–water partition coefficient (Wildman–Crippen LogP) is 2.17. The van der Waals surface area contributed by atoms with E-state index in [1.54, 1.807) is 12.4 Å². The van der Waals surface area contributed by atoms with E-state index in [2.05, 4.69) is 45.1 Å². The van der Waals surface area contributed by atoms with Gasteiger partial charge in [0.25, 0.3) is 0 Å². The van der Waals surface area contributed by atoms with E-state index >= 15 is 0 Å². The summed E-state index contributed by atoms with van der Waals surface area (Å²) in [5, 5.41) is 12.6. The number of rotatable bonds is 4. The van der Waals surface area contributed by atoms with Crippen LogP contribution in [0.15, 0.2) is 24.5 Å². The standard InChI is InChI=1S/C22H28N6O/c1-15-12-28(19-6-5-17(11-23)21-22(19)25-8-7-24-21)14-18(15)26-20(29)10-16-4-3-9-27(2)13-16/h5-8,15-16,18H,3-4,9-10,12-14H2,1-2H3,(H,26,29)/t15-,16+,18+/m1/s1. The number of nitriles is 1. The fourth-order valence-corrected chi connectivity index (χ4v) is 4.71. The van der Waals surface area contributed by atoms with Crippen molar-refractivity contribution in [3.63, 3.8) is 0 Å². The van der Waals surface area contributed by atoms with Gasteiger partial charge in [-0.3, -0.25) is 14.8 Å². The van der Waals surface area contributed by atoms with E-state index < -0.39 is 0 Å². The average Bonchev–Trinajstić information content (AvgIpc) is 3.07. The van der Waals surface area contributed by atoms with Crippen molar-refractivity contribution in [2.45, 2.75) is 32.2 Å². The van der Waals surface area contributed by atoms with Crippen LogP contribution in [-0.2, 0) is 4.79 Å². The second kappa shape index (κ2) is 8.34. The van der Waals surface area contributed by atoms with Crippen LogP contribution in [0.4, 0.5) is 5.69 Å². The highest BCUT2D eigenvalue weighted by atomic mass is 16.1. The zero-order chi connectivity index (χ0) is 20.4. The average molecular weight is 393 g/mol. The van der Waals surface area contributed by atoms with Crippen LogP contribution in [0.25, 0.3) is 11.0 Å². The van der Waals surface area contributed by atoms with Gasteiger partial charge in [-0.05, 0) is 50.4 Å². The van der Waals surface area contributed by atoms with Gasteiger partial charge in [-0.25, -0.2) is 0 Å². The Morgan fingerprint density at radius 3 is 2.79 bits per heavy atom. The topological polar surface area (TPSA) is 85.1 Å². The van der Waals surface area contributed by atoms with Crippen molar-refractivity contribution in [1.82, 2.24) is 20.2 Å². The number of nitrogens with one attached hydrogen (secondary N) is 1. The first-order valence-corrected chi connectivity index (χ1v) is 10.4. The Morgan fingerprint density at radius 1 is 1.24 bits per heavy atom. The molecule has 2 aliphatic heterocycles. The Kier molecular flexibility index (Phi) is 5.63. The molecule has 0 aliphatic carbocycles. The number of fused-ring (bicyclic) bond motifs is 1. The first kappa shape index (κ1) is 19.6. The van der Waals surface area contributed by atoms with Crippen LogP contribution in [0.1, 0.15) is 31.7 Å². The summed E-state index contributed by atoms with van der Waals surface area (Å²) in [6.07, 6.45) is 6.20. The molecule has 0 bridgehead atoms. The smallest absolute Gasteiger partial charge is 0.220 e. The first-order valence-electron chi connectivity index (χ1n) is 10.4. The van der Waals surface area contributed by atoms with Gasteiger partial charge >= 0.3 is 0 Å². The number of likely N-dealkylation sites (tertiary alicyclic amines) is 1. The van der Waals surface area contributed by atoms with Gasteiger partial charge in [0.1, 0.15) is 17.1 Å². The Balaban J connectivity index is 1.44. The van der Waals surface area contributed by atoms with Gasteiger partial charge in [0.2, 0.25) is 5.91 Å². The fourth-order valence-electron chi connectivity index (χ4n) is 4.71. The maximum atomic E-state index is 12.7. The molecule has 3 heterocycles. The number of hydrogen-bond acceptors (Lipinski definition) is 6. The summed E-state index contributed by atoms with van der Waals surface area (Å²) in [5.74, 6) is 0.961. The summed E-state index contributed by atoms with van der Waals surface area (Å²) in [4.78, 5) is 26.1.